The van der Waals surface area contributed by atoms with Crippen LogP contribution >= 0.6 is 0 Å². The summed E-state index contributed by atoms with van der Waals surface area (Å²) >= 11 is 0. The van der Waals surface area contributed by atoms with E-state index in [-0.39, 0.29) is 5.97 Å². The third-order valence-corrected chi connectivity index (χ3v) is 4.04. The van der Waals surface area contributed by atoms with Crippen molar-refractivity contribution in [2.24, 2.45) is 5.73 Å². The maximum Gasteiger partial charge on any atom is 0.306 e. The van der Waals surface area contributed by atoms with Crippen LogP contribution in [0, 0.1) is 6.92 Å². The molecule has 0 unspecified atom stereocenters. The summed E-state index contributed by atoms with van der Waals surface area (Å²) in [5.41, 5.74) is 10.3. The Morgan fingerprint density at radius 1 is 1.04 bits per heavy atom. The van der Waals surface area contributed by atoms with Gasteiger partial charge >= 0.3 is 5.97 Å². The molecular formula is C21H27NO3. The summed E-state index contributed by atoms with van der Waals surface area (Å²) in [5.74, 6) is 1.44. The molecule has 4 heteroatoms. The highest BCUT2D eigenvalue weighted by molar-refractivity contribution is 5.69. The molecule has 0 spiro atoms. The standard InChI is InChI=1S/C21H27NO3/c1-4-17-13-19(8-6-18(17)7-9-21(23)24-5-2)25-20-11-15(3)10-16(12-20)14-22/h6,8,10-13H,4-5,7,9,14,22H2,1-3H3. The van der Waals surface area contributed by atoms with Gasteiger partial charge in [0.05, 0.1) is 6.61 Å². The summed E-state index contributed by atoms with van der Waals surface area (Å²) < 4.78 is 11.0. The molecule has 0 amide bonds. The lowest BCUT2D eigenvalue weighted by Crippen LogP contribution is -2.06. The lowest BCUT2D eigenvalue weighted by Gasteiger charge is -2.13. The van der Waals surface area contributed by atoms with Crippen molar-refractivity contribution in [3.8, 4) is 11.5 Å². The van der Waals surface area contributed by atoms with Gasteiger partial charge in [0.25, 0.3) is 0 Å². The average Bonchev–Trinajstić information content (AvgIpc) is 2.60. The van der Waals surface area contributed by atoms with Crippen LogP contribution in [0.3, 0.4) is 0 Å². The van der Waals surface area contributed by atoms with Crippen LogP contribution in [-0.4, -0.2) is 12.6 Å². The second-order valence-electron chi connectivity index (χ2n) is 6.05. The normalized spacial score (nSPS) is 10.6. The molecule has 0 atom stereocenters. The van der Waals surface area contributed by atoms with Crippen molar-refractivity contribution in [2.75, 3.05) is 6.61 Å². The van der Waals surface area contributed by atoms with Gasteiger partial charge in [-0.1, -0.05) is 19.1 Å². The number of carbonyl (C=O) groups excluding carboxylic acids is 1. The zero-order valence-corrected chi connectivity index (χ0v) is 15.3. The first-order valence-corrected chi connectivity index (χ1v) is 8.81. The number of carbonyl (C=O) groups is 1. The zero-order chi connectivity index (χ0) is 18.2. The van der Waals surface area contributed by atoms with Crippen molar-refractivity contribution in [3.05, 3.63) is 58.7 Å². The molecule has 2 aromatic carbocycles. The Labute approximate surface area is 150 Å². The number of hydrogen-bond donors (Lipinski definition) is 1. The minimum absolute atomic E-state index is 0.154. The topological polar surface area (TPSA) is 61.5 Å². The summed E-state index contributed by atoms with van der Waals surface area (Å²) in [5, 5.41) is 0. The van der Waals surface area contributed by atoms with Gasteiger partial charge in [-0.25, -0.2) is 0 Å². The second kappa shape index (κ2) is 9.23. The first-order chi connectivity index (χ1) is 12.0. The van der Waals surface area contributed by atoms with Gasteiger partial charge < -0.3 is 15.2 Å². The molecule has 0 saturated heterocycles. The molecule has 4 nitrogen and oxygen atoms in total. The third-order valence-electron chi connectivity index (χ3n) is 4.04. The zero-order valence-electron chi connectivity index (χ0n) is 15.3. The predicted molar refractivity (Wildman–Crippen MR) is 99.9 cm³/mol. The molecule has 0 aliphatic rings. The Kier molecular flexibility index (Phi) is 7.02. The number of aryl methyl sites for hydroxylation is 3. The Balaban J connectivity index is 2.13. The van der Waals surface area contributed by atoms with Crippen LogP contribution in [0.5, 0.6) is 11.5 Å². The molecule has 2 aromatic rings. The van der Waals surface area contributed by atoms with Crippen LogP contribution in [0.2, 0.25) is 0 Å². The quantitative estimate of drug-likeness (QED) is 0.727. The monoisotopic (exact) mass is 341 g/mol. The van der Waals surface area contributed by atoms with Gasteiger partial charge in [-0.15, -0.1) is 0 Å². The van der Waals surface area contributed by atoms with Gasteiger partial charge in [0.15, 0.2) is 0 Å². The first-order valence-electron chi connectivity index (χ1n) is 8.81. The van der Waals surface area contributed by atoms with Crippen molar-refractivity contribution in [1.82, 2.24) is 0 Å². The molecule has 0 fully saturated rings. The van der Waals surface area contributed by atoms with E-state index in [1.165, 1.54) is 5.56 Å². The Morgan fingerprint density at radius 3 is 2.52 bits per heavy atom. The molecular weight excluding hydrogens is 314 g/mol. The number of ether oxygens (including phenoxy) is 2. The van der Waals surface area contributed by atoms with Crippen molar-refractivity contribution in [1.29, 1.82) is 0 Å². The molecule has 0 saturated carbocycles. The molecule has 0 aliphatic carbocycles. The van der Waals surface area contributed by atoms with E-state index in [0.717, 1.165) is 34.6 Å². The molecule has 0 heterocycles. The largest absolute Gasteiger partial charge is 0.466 e. The fourth-order valence-electron chi connectivity index (χ4n) is 2.85. The lowest BCUT2D eigenvalue weighted by molar-refractivity contribution is -0.143. The molecule has 0 aliphatic heterocycles. The van der Waals surface area contributed by atoms with E-state index in [1.807, 2.05) is 44.2 Å². The van der Waals surface area contributed by atoms with Gasteiger partial charge in [-0.3, -0.25) is 4.79 Å². The van der Waals surface area contributed by atoms with Crippen molar-refractivity contribution < 1.29 is 14.3 Å². The molecule has 25 heavy (non-hydrogen) atoms. The highest BCUT2D eigenvalue weighted by Gasteiger charge is 2.08. The van der Waals surface area contributed by atoms with Crippen LogP contribution in [0.4, 0.5) is 0 Å². The highest BCUT2D eigenvalue weighted by Crippen LogP contribution is 2.27. The summed E-state index contributed by atoms with van der Waals surface area (Å²) in [6.07, 6.45) is 1.97. The smallest absolute Gasteiger partial charge is 0.306 e. The molecule has 0 bridgehead atoms. The fraction of sp³-hybridized carbons (Fsp3) is 0.381. The highest BCUT2D eigenvalue weighted by atomic mass is 16.5. The summed E-state index contributed by atoms with van der Waals surface area (Å²) in [4.78, 5) is 11.6. The van der Waals surface area contributed by atoms with E-state index in [9.17, 15) is 4.79 Å². The maximum atomic E-state index is 11.6. The number of nitrogens with two attached hydrogens (primary N) is 1. The SMILES string of the molecule is CCOC(=O)CCc1ccc(Oc2cc(C)cc(CN)c2)cc1CC. The number of benzene rings is 2. The van der Waals surface area contributed by atoms with Crippen molar-refractivity contribution >= 4 is 5.97 Å². The van der Waals surface area contributed by atoms with Gasteiger partial charge in [-0.05, 0) is 73.2 Å². The van der Waals surface area contributed by atoms with Crippen LogP contribution < -0.4 is 10.5 Å². The van der Waals surface area contributed by atoms with Crippen LogP contribution in [-0.2, 0) is 28.9 Å². The van der Waals surface area contributed by atoms with E-state index in [2.05, 4.69) is 13.0 Å². The van der Waals surface area contributed by atoms with Crippen LogP contribution in [0.25, 0.3) is 0 Å². The van der Waals surface area contributed by atoms with Crippen LogP contribution in [0.1, 0.15) is 42.5 Å². The second-order valence-corrected chi connectivity index (χ2v) is 6.05. The van der Waals surface area contributed by atoms with Gasteiger partial charge in [0.1, 0.15) is 11.5 Å². The molecule has 0 radical (unpaired) electrons. The fourth-order valence-corrected chi connectivity index (χ4v) is 2.85. The Morgan fingerprint density at radius 2 is 1.84 bits per heavy atom. The number of hydrogen-bond acceptors (Lipinski definition) is 4. The van der Waals surface area contributed by atoms with E-state index >= 15 is 0 Å². The minimum Gasteiger partial charge on any atom is -0.466 e. The van der Waals surface area contributed by atoms with Gasteiger partial charge in [0.2, 0.25) is 0 Å². The minimum atomic E-state index is -0.154. The molecule has 2 rings (SSSR count). The molecule has 134 valence electrons. The van der Waals surface area contributed by atoms with Gasteiger partial charge in [0, 0.05) is 13.0 Å². The molecule has 0 aromatic heterocycles. The predicted octanol–water partition coefficient (Wildman–Crippen LogP) is 4.30. The lowest BCUT2D eigenvalue weighted by atomic mass is 10.0. The average molecular weight is 341 g/mol. The number of rotatable bonds is 8. The Bertz CT molecular complexity index is 725. The van der Waals surface area contributed by atoms with Crippen molar-refractivity contribution in [3.63, 3.8) is 0 Å². The Hall–Kier alpha value is -2.33. The summed E-state index contributed by atoms with van der Waals surface area (Å²) in [6.45, 7) is 6.87. The van der Waals surface area contributed by atoms with E-state index in [0.29, 0.717) is 26.0 Å². The maximum absolute atomic E-state index is 11.6. The van der Waals surface area contributed by atoms with Crippen LogP contribution in [0.15, 0.2) is 36.4 Å². The van der Waals surface area contributed by atoms with Gasteiger partial charge in [-0.2, -0.15) is 0 Å². The first kappa shape index (κ1) is 19.0. The van der Waals surface area contributed by atoms with Crippen molar-refractivity contribution in [2.45, 2.75) is 46.6 Å². The van der Waals surface area contributed by atoms with E-state index in [4.69, 9.17) is 15.2 Å². The third kappa shape index (κ3) is 5.61. The van der Waals surface area contributed by atoms with E-state index in [1.54, 1.807) is 0 Å². The molecule has 2 N–H and O–H groups in total. The summed E-state index contributed by atoms with van der Waals surface area (Å²) in [7, 11) is 0. The summed E-state index contributed by atoms with van der Waals surface area (Å²) in [6, 6.07) is 12.1. The number of esters is 1. The van der Waals surface area contributed by atoms with E-state index < -0.39 is 0 Å².